The molecular formula is C20H17NO4S. The highest BCUT2D eigenvalue weighted by Gasteiger charge is 2.19. The van der Waals surface area contributed by atoms with Gasteiger partial charge in [0.25, 0.3) is 5.91 Å². The highest BCUT2D eigenvalue weighted by atomic mass is 32.1. The van der Waals surface area contributed by atoms with Gasteiger partial charge in [-0.05, 0) is 17.5 Å². The van der Waals surface area contributed by atoms with E-state index in [9.17, 15) is 9.59 Å². The highest BCUT2D eigenvalue weighted by Crippen LogP contribution is 2.26. The molecule has 0 aliphatic heterocycles. The largest absolute Gasteiger partial charge is 0.497 e. The van der Waals surface area contributed by atoms with Gasteiger partial charge < -0.3 is 14.8 Å². The Morgan fingerprint density at radius 2 is 1.54 bits per heavy atom. The number of carbonyl (C=O) groups is 2. The van der Waals surface area contributed by atoms with Crippen LogP contribution in [0.4, 0.5) is 5.69 Å². The predicted octanol–water partition coefficient (Wildman–Crippen LogP) is 4.25. The first kappa shape index (κ1) is 17.7. The van der Waals surface area contributed by atoms with Gasteiger partial charge >= 0.3 is 0 Å². The molecule has 5 nitrogen and oxygen atoms in total. The molecule has 2 aromatic carbocycles. The van der Waals surface area contributed by atoms with Crippen molar-refractivity contribution in [2.45, 2.75) is 0 Å². The molecule has 26 heavy (non-hydrogen) atoms. The van der Waals surface area contributed by atoms with E-state index in [1.165, 1.54) is 25.6 Å². The number of ketones is 1. The van der Waals surface area contributed by atoms with Crippen molar-refractivity contribution in [1.29, 1.82) is 0 Å². The molecule has 0 spiro atoms. The summed E-state index contributed by atoms with van der Waals surface area (Å²) in [6, 6.07) is 15.4. The Labute approximate surface area is 155 Å². The third-order valence-corrected chi connectivity index (χ3v) is 4.64. The van der Waals surface area contributed by atoms with Gasteiger partial charge in [0.2, 0.25) is 5.78 Å². The number of amides is 1. The predicted molar refractivity (Wildman–Crippen MR) is 102 cm³/mol. The minimum atomic E-state index is -0.374. The van der Waals surface area contributed by atoms with Crippen LogP contribution < -0.4 is 14.8 Å². The normalized spacial score (nSPS) is 10.2. The maximum atomic E-state index is 12.8. The van der Waals surface area contributed by atoms with Crippen LogP contribution >= 0.6 is 11.3 Å². The second-order valence-corrected chi connectivity index (χ2v) is 6.36. The van der Waals surface area contributed by atoms with Gasteiger partial charge in [0.05, 0.1) is 24.7 Å². The molecule has 0 unspecified atom stereocenters. The van der Waals surface area contributed by atoms with Crippen LogP contribution in [0.25, 0.3) is 0 Å². The summed E-state index contributed by atoms with van der Waals surface area (Å²) >= 11 is 1.35. The maximum Gasteiger partial charge on any atom is 0.256 e. The van der Waals surface area contributed by atoms with E-state index in [1.807, 2.05) is 11.4 Å². The number of nitrogens with one attached hydrogen (secondary N) is 1. The zero-order valence-electron chi connectivity index (χ0n) is 14.3. The Kier molecular flexibility index (Phi) is 5.34. The fourth-order valence-electron chi connectivity index (χ4n) is 2.50. The molecule has 0 saturated carbocycles. The number of benzene rings is 2. The smallest absolute Gasteiger partial charge is 0.256 e. The first-order chi connectivity index (χ1) is 12.6. The summed E-state index contributed by atoms with van der Waals surface area (Å²) in [6.07, 6.45) is 0. The van der Waals surface area contributed by atoms with E-state index >= 15 is 0 Å². The van der Waals surface area contributed by atoms with Crippen molar-refractivity contribution in [2.75, 3.05) is 19.5 Å². The summed E-state index contributed by atoms with van der Waals surface area (Å²) in [7, 11) is 3.07. The van der Waals surface area contributed by atoms with Crippen molar-refractivity contribution in [3.8, 4) is 11.5 Å². The topological polar surface area (TPSA) is 64.6 Å². The van der Waals surface area contributed by atoms with Crippen LogP contribution in [0.5, 0.6) is 11.5 Å². The average Bonchev–Trinajstić information content (AvgIpc) is 3.21. The zero-order chi connectivity index (χ0) is 18.5. The maximum absolute atomic E-state index is 12.8. The lowest BCUT2D eigenvalue weighted by Gasteiger charge is -2.11. The Morgan fingerprint density at radius 3 is 2.12 bits per heavy atom. The van der Waals surface area contributed by atoms with Gasteiger partial charge in [-0.25, -0.2) is 0 Å². The van der Waals surface area contributed by atoms with E-state index in [4.69, 9.17) is 9.47 Å². The number of ether oxygens (including phenoxy) is 2. The molecule has 0 aliphatic carbocycles. The van der Waals surface area contributed by atoms with Gasteiger partial charge in [-0.15, -0.1) is 11.3 Å². The fraction of sp³-hybridized carbons (Fsp3) is 0.100. The first-order valence-electron chi connectivity index (χ1n) is 7.84. The van der Waals surface area contributed by atoms with Gasteiger partial charge in [-0.1, -0.05) is 24.3 Å². The lowest BCUT2D eigenvalue weighted by molar-refractivity contribution is 0.0997. The summed E-state index contributed by atoms with van der Waals surface area (Å²) in [5.41, 5.74) is 1.19. The molecule has 132 valence electrons. The van der Waals surface area contributed by atoms with Crippen molar-refractivity contribution < 1.29 is 19.1 Å². The summed E-state index contributed by atoms with van der Waals surface area (Å²) in [5, 5.41) is 4.63. The number of carbonyl (C=O) groups excluding carboxylic acids is 2. The molecule has 1 amide bonds. The molecule has 0 fully saturated rings. The molecular weight excluding hydrogens is 350 g/mol. The van der Waals surface area contributed by atoms with Gasteiger partial charge in [-0.2, -0.15) is 0 Å². The Morgan fingerprint density at radius 1 is 0.885 bits per heavy atom. The third kappa shape index (κ3) is 3.75. The van der Waals surface area contributed by atoms with Crippen LogP contribution in [0, 0.1) is 0 Å². The SMILES string of the molecule is COc1cc(NC(=O)c2ccccc2C(=O)c2cccs2)cc(OC)c1. The molecule has 0 aliphatic rings. The van der Waals surface area contributed by atoms with E-state index in [0.717, 1.165) is 0 Å². The Balaban J connectivity index is 1.91. The minimum absolute atomic E-state index is 0.172. The van der Waals surface area contributed by atoms with Crippen LogP contribution in [0.1, 0.15) is 25.6 Å². The number of anilines is 1. The molecule has 0 radical (unpaired) electrons. The summed E-state index contributed by atoms with van der Waals surface area (Å²) in [6.45, 7) is 0. The second kappa shape index (κ2) is 7.84. The summed E-state index contributed by atoms with van der Waals surface area (Å²) < 4.78 is 10.4. The van der Waals surface area contributed by atoms with Crippen LogP contribution in [-0.2, 0) is 0 Å². The molecule has 1 aromatic heterocycles. The van der Waals surface area contributed by atoms with Gasteiger partial charge in [0.1, 0.15) is 11.5 Å². The highest BCUT2D eigenvalue weighted by molar-refractivity contribution is 7.12. The van der Waals surface area contributed by atoms with Crippen molar-refractivity contribution in [3.05, 3.63) is 76.0 Å². The van der Waals surface area contributed by atoms with E-state index in [-0.39, 0.29) is 11.7 Å². The second-order valence-electron chi connectivity index (χ2n) is 5.41. The van der Waals surface area contributed by atoms with Crippen LogP contribution in [0.15, 0.2) is 60.0 Å². The van der Waals surface area contributed by atoms with E-state index in [0.29, 0.717) is 33.2 Å². The minimum Gasteiger partial charge on any atom is -0.497 e. The van der Waals surface area contributed by atoms with Crippen LogP contribution in [0.2, 0.25) is 0 Å². The molecule has 3 aromatic rings. The van der Waals surface area contributed by atoms with Crippen molar-refractivity contribution in [3.63, 3.8) is 0 Å². The van der Waals surface area contributed by atoms with Crippen LogP contribution in [0.3, 0.4) is 0 Å². The van der Waals surface area contributed by atoms with Crippen molar-refractivity contribution >= 4 is 28.7 Å². The average molecular weight is 367 g/mol. The first-order valence-corrected chi connectivity index (χ1v) is 8.72. The third-order valence-electron chi connectivity index (χ3n) is 3.77. The number of rotatable bonds is 6. The van der Waals surface area contributed by atoms with E-state index in [2.05, 4.69) is 5.32 Å². The number of thiophene rings is 1. The molecule has 1 N–H and O–H groups in total. The van der Waals surface area contributed by atoms with E-state index < -0.39 is 0 Å². The van der Waals surface area contributed by atoms with E-state index in [1.54, 1.807) is 48.5 Å². The molecule has 0 saturated heterocycles. The lowest BCUT2D eigenvalue weighted by Crippen LogP contribution is -2.16. The Hall–Kier alpha value is -3.12. The van der Waals surface area contributed by atoms with Crippen LogP contribution in [-0.4, -0.2) is 25.9 Å². The monoisotopic (exact) mass is 367 g/mol. The summed E-state index contributed by atoms with van der Waals surface area (Å²) in [5.74, 6) is 0.569. The van der Waals surface area contributed by atoms with Gasteiger partial charge in [-0.3, -0.25) is 9.59 Å². The van der Waals surface area contributed by atoms with Crippen molar-refractivity contribution in [1.82, 2.24) is 0 Å². The van der Waals surface area contributed by atoms with Gasteiger partial charge in [0, 0.05) is 29.4 Å². The zero-order valence-corrected chi connectivity index (χ0v) is 15.1. The molecule has 3 rings (SSSR count). The Bertz CT molecular complexity index is 912. The van der Waals surface area contributed by atoms with Crippen molar-refractivity contribution in [2.24, 2.45) is 0 Å². The fourth-order valence-corrected chi connectivity index (χ4v) is 3.18. The quantitative estimate of drug-likeness (QED) is 0.662. The number of hydrogen-bond acceptors (Lipinski definition) is 5. The molecule has 0 bridgehead atoms. The number of methoxy groups -OCH3 is 2. The molecule has 6 heteroatoms. The molecule has 1 heterocycles. The lowest BCUT2D eigenvalue weighted by atomic mass is 10.0. The number of hydrogen-bond donors (Lipinski definition) is 1. The van der Waals surface area contributed by atoms with Gasteiger partial charge in [0.15, 0.2) is 0 Å². The summed E-state index contributed by atoms with van der Waals surface area (Å²) in [4.78, 5) is 26.0. The standard InChI is InChI=1S/C20H17NO4S/c1-24-14-10-13(11-15(12-14)25-2)21-20(23)17-7-4-3-6-16(17)19(22)18-8-5-9-26-18/h3-12H,1-2H3,(H,21,23). The molecule has 0 atom stereocenters.